The van der Waals surface area contributed by atoms with Gasteiger partial charge < -0.3 is 19.6 Å². The number of rotatable bonds is 10. The molecule has 0 atom stereocenters. The van der Waals surface area contributed by atoms with Crippen LogP contribution >= 0.6 is 0 Å². The van der Waals surface area contributed by atoms with Crippen LogP contribution in [0.2, 0.25) is 0 Å². The van der Waals surface area contributed by atoms with Crippen LogP contribution in [0.5, 0.6) is 11.5 Å². The van der Waals surface area contributed by atoms with Crippen LogP contribution < -0.4 is 20.3 Å². The zero-order chi connectivity index (χ0) is 28.3. The Morgan fingerprint density at radius 3 is 2.54 bits per heavy atom. The van der Waals surface area contributed by atoms with Crippen molar-refractivity contribution >= 4 is 32.5 Å². The highest BCUT2D eigenvalue weighted by Crippen LogP contribution is 2.39. The molecule has 206 valence electrons. The van der Waals surface area contributed by atoms with Crippen LogP contribution in [0.25, 0.3) is 22.0 Å². The number of aromatic nitrogens is 2. The first-order valence-electron chi connectivity index (χ1n) is 12.2. The first kappa shape index (κ1) is 27.8. The second-order valence-corrected chi connectivity index (χ2v) is 11.2. The van der Waals surface area contributed by atoms with E-state index >= 15 is 0 Å². The number of sulfonamides is 1. The van der Waals surface area contributed by atoms with E-state index in [1.165, 1.54) is 22.8 Å². The number of aryl methyl sites for hydroxylation is 1. The second kappa shape index (κ2) is 11.3. The van der Waals surface area contributed by atoms with E-state index in [1.807, 2.05) is 13.8 Å². The number of hydrogen-bond donors (Lipinski definition) is 3. The number of benzene rings is 2. The lowest BCUT2D eigenvalue weighted by Gasteiger charge is -2.16. The van der Waals surface area contributed by atoms with E-state index in [1.54, 1.807) is 25.5 Å². The molecule has 0 fully saturated rings. The van der Waals surface area contributed by atoms with Gasteiger partial charge in [0, 0.05) is 60.2 Å². The van der Waals surface area contributed by atoms with Gasteiger partial charge in [-0.25, -0.2) is 17.2 Å². The number of amides is 1. The predicted molar refractivity (Wildman–Crippen MR) is 145 cm³/mol. The van der Waals surface area contributed by atoms with Crippen LogP contribution in [0.1, 0.15) is 26.7 Å². The molecular weight excluding hydrogens is 530 g/mol. The van der Waals surface area contributed by atoms with Gasteiger partial charge in [-0.1, -0.05) is 0 Å². The molecule has 0 bridgehead atoms. The monoisotopic (exact) mass is 558 g/mol. The molecule has 2 aromatic heterocycles. The average Bonchev–Trinajstić information content (AvgIpc) is 3.33. The largest absolute Gasteiger partial charge is 0.454 e. The fourth-order valence-corrected chi connectivity index (χ4v) is 5.21. The molecule has 0 spiro atoms. The van der Waals surface area contributed by atoms with Gasteiger partial charge in [0.25, 0.3) is 5.56 Å². The normalized spacial score (nSPS) is 11.6. The number of hydrogen-bond acceptors (Lipinski definition) is 5. The number of fused-ring (bicyclic) bond motifs is 1. The molecule has 0 aliphatic carbocycles. The number of carbonyl (C=O) groups is 1. The Morgan fingerprint density at radius 1 is 1.08 bits per heavy atom. The van der Waals surface area contributed by atoms with Crippen molar-refractivity contribution in [1.29, 1.82) is 0 Å². The van der Waals surface area contributed by atoms with Crippen LogP contribution in [-0.4, -0.2) is 35.7 Å². The Labute approximate surface area is 223 Å². The molecule has 1 amide bonds. The topological polar surface area (TPSA) is 122 Å². The molecule has 0 saturated carbocycles. The number of carbonyl (C=O) groups excluding carboxylic acids is 1. The molecule has 4 rings (SSSR count). The fourth-order valence-electron chi connectivity index (χ4n) is 4.10. The highest BCUT2D eigenvalue weighted by atomic mass is 32.2. The van der Waals surface area contributed by atoms with E-state index in [2.05, 4.69) is 15.0 Å². The van der Waals surface area contributed by atoms with Crippen molar-refractivity contribution in [3.63, 3.8) is 0 Å². The van der Waals surface area contributed by atoms with Crippen molar-refractivity contribution in [1.82, 2.24) is 14.9 Å². The smallest absolute Gasteiger partial charge is 0.274 e. The summed E-state index contributed by atoms with van der Waals surface area (Å²) in [5.74, 6) is -2.29. The summed E-state index contributed by atoms with van der Waals surface area (Å²) in [7, 11) is -2.26. The molecule has 39 heavy (non-hydrogen) atoms. The third kappa shape index (κ3) is 6.63. The summed E-state index contributed by atoms with van der Waals surface area (Å²) in [6, 6.07) is 8.94. The van der Waals surface area contributed by atoms with Gasteiger partial charge in [0.15, 0.2) is 11.6 Å². The van der Waals surface area contributed by atoms with Crippen molar-refractivity contribution in [2.75, 3.05) is 10.5 Å². The van der Waals surface area contributed by atoms with Gasteiger partial charge in [0.2, 0.25) is 15.9 Å². The summed E-state index contributed by atoms with van der Waals surface area (Å²) in [5, 5.41) is 3.26. The maximum Gasteiger partial charge on any atom is 0.274 e. The minimum absolute atomic E-state index is 0.0428. The summed E-state index contributed by atoms with van der Waals surface area (Å²) in [6.45, 7) is 3.63. The zero-order valence-electron chi connectivity index (χ0n) is 21.5. The van der Waals surface area contributed by atoms with Crippen LogP contribution in [0, 0.1) is 11.6 Å². The maximum atomic E-state index is 14.4. The molecule has 0 saturated heterocycles. The van der Waals surface area contributed by atoms with Gasteiger partial charge >= 0.3 is 0 Å². The number of aromatic amines is 1. The SMILES string of the molecule is CC(C)NC(=O)CCCS(=O)(=O)Nc1ccc(Oc2ccc(F)cc2F)c(-c2cn(C)c(=O)c3[nH]ccc23)c1. The molecular formula is C27H28F2N4O5S. The average molecular weight is 559 g/mol. The number of nitrogens with one attached hydrogen (secondary N) is 3. The first-order valence-corrected chi connectivity index (χ1v) is 13.8. The molecule has 0 aliphatic heterocycles. The molecule has 4 aromatic rings. The summed E-state index contributed by atoms with van der Waals surface area (Å²) in [6.07, 6.45) is 3.34. The van der Waals surface area contributed by atoms with E-state index in [0.29, 0.717) is 28.1 Å². The van der Waals surface area contributed by atoms with Gasteiger partial charge in [-0.05, 0) is 56.7 Å². The summed E-state index contributed by atoms with van der Waals surface area (Å²) in [4.78, 5) is 27.3. The number of anilines is 1. The molecule has 12 heteroatoms. The molecule has 9 nitrogen and oxygen atoms in total. The number of ether oxygens (including phenoxy) is 1. The van der Waals surface area contributed by atoms with E-state index in [9.17, 15) is 26.8 Å². The zero-order valence-corrected chi connectivity index (χ0v) is 22.4. The summed E-state index contributed by atoms with van der Waals surface area (Å²) in [5.41, 5.74) is 1.11. The fraction of sp³-hybridized carbons (Fsp3) is 0.259. The molecule has 3 N–H and O–H groups in total. The summed E-state index contributed by atoms with van der Waals surface area (Å²) < 4.78 is 63.0. The highest BCUT2D eigenvalue weighted by Gasteiger charge is 2.19. The van der Waals surface area contributed by atoms with Crippen molar-refractivity contribution in [2.24, 2.45) is 7.05 Å². The van der Waals surface area contributed by atoms with E-state index in [4.69, 9.17) is 4.74 Å². The molecule has 2 heterocycles. The number of halogens is 2. The number of nitrogens with zero attached hydrogens (tertiary/aromatic N) is 1. The lowest BCUT2D eigenvalue weighted by atomic mass is 10.0. The molecule has 2 aromatic carbocycles. The van der Waals surface area contributed by atoms with Gasteiger partial charge in [-0.2, -0.15) is 0 Å². The molecule has 0 radical (unpaired) electrons. The van der Waals surface area contributed by atoms with Gasteiger partial charge in [0.05, 0.1) is 5.75 Å². The number of H-pyrrole nitrogens is 1. The predicted octanol–water partition coefficient (Wildman–Crippen LogP) is 4.65. The van der Waals surface area contributed by atoms with Gasteiger partial charge in [-0.3, -0.25) is 14.3 Å². The molecule has 0 unspecified atom stereocenters. The minimum atomic E-state index is -3.82. The third-order valence-corrected chi connectivity index (χ3v) is 7.19. The van der Waals surface area contributed by atoms with Crippen LogP contribution in [0.15, 0.2) is 59.7 Å². The Hall–Kier alpha value is -4.19. The quantitative estimate of drug-likeness (QED) is 0.262. The van der Waals surface area contributed by atoms with Crippen LogP contribution in [0.4, 0.5) is 14.5 Å². The lowest BCUT2D eigenvalue weighted by molar-refractivity contribution is -0.121. The molecule has 0 aliphatic rings. The first-order chi connectivity index (χ1) is 18.4. The highest BCUT2D eigenvalue weighted by molar-refractivity contribution is 7.92. The Kier molecular flexibility index (Phi) is 8.05. The van der Waals surface area contributed by atoms with E-state index in [-0.39, 0.29) is 53.3 Å². The lowest BCUT2D eigenvalue weighted by Crippen LogP contribution is -2.30. The van der Waals surface area contributed by atoms with Crippen molar-refractivity contribution in [3.05, 3.63) is 76.8 Å². The van der Waals surface area contributed by atoms with Crippen molar-refractivity contribution in [2.45, 2.75) is 32.7 Å². The Morgan fingerprint density at radius 2 is 1.82 bits per heavy atom. The number of pyridine rings is 1. The maximum absolute atomic E-state index is 14.4. The Bertz CT molecular complexity index is 1700. The Balaban J connectivity index is 1.70. The summed E-state index contributed by atoms with van der Waals surface area (Å²) >= 11 is 0. The minimum Gasteiger partial charge on any atom is -0.454 e. The van der Waals surface area contributed by atoms with E-state index in [0.717, 1.165) is 12.1 Å². The van der Waals surface area contributed by atoms with Crippen molar-refractivity contribution in [3.8, 4) is 22.6 Å². The standard InChI is InChI=1S/C27H28F2N4O5S/c1-16(2)31-25(34)5-4-12-39(36,37)32-18-7-9-23(38-24-8-6-17(28)13-22(24)29)20(14-18)21-15-33(3)27(35)26-19(21)10-11-30-26/h6-11,13-16,30,32H,4-5,12H2,1-3H3,(H,31,34). The van der Waals surface area contributed by atoms with Crippen LogP contribution in [-0.2, 0) is 21.9 Å². The van der Waals surface area contributed by atoms with Gasteiger partial charge in [-0.15, -0.1) is 0 Å². The van der Waals surface area contributed by atoms with E-state index < -0.39 is 21.7 Å². The van der Waals surface area contributed by atoms with Crippen LogP contribution in [0.3, 0.4) is 0 Å². The third-order valence-electron chi connectivity index (χ3n) is 5.82. The van der Waals surface area contributed by atoms with Gasteiger partial charge in [0.1, 0.15) is 17.1 Å². The second-order valence-electron chi connectivity index (χ2n) is 9.36. The van der Waals surface area contributed by atoms with Crippen molar-refractivity contribution < 1.29 is 26.7 Å².